The van der Waals surface area contributed by atoms with Gasteiger partial charge in [-0.1, -0.05) is 17.7 Å². The molecule has 3 atom stereocenters. The van der Waals surface area contributed by atoms with E-state index in [1.54, 1.807) is 26.6 Å². The molecule has 1 aliphatic rings. The monoisotopic (exact) mass is 532 g/mol. The summed E-state index contributed by atoms with van der Waals surface area (Å²) in [5, 5.41) is 11.2. The van der Waals surface area contributed by atoms with Crippen molar-refractivity contribution in [3.8, 4) is 17.2 Å². The van der Waals surface area contributed by atoms with Gasteiger partial charge in [0.25, 0.3) is 0 Å². The lowest BCUT2D eigenvalue weighted by atomic mass is 10.2. The van der Waals surface area contributed by atoms with Crippen molar-refractivity contribution >= 4 is 29.5 Å². The Kier molecular flexibility index (Phi) is 8.52. The molecular weight excluding hydrogens is 504 g/mol. The number of hydrazine groups is 1. The molecule has 1 aliphatic heterocycles. The highest BCUT2D eigenvalue weighted by atomic mass is 35.5. The van der Waals surface area contributed by atoms with Crippen molar-refractivity contribution < 1.29 is 14.2 Å². The number of aromatic nitrogens is 5. The van der Waals surface area contributed by atoms with E-state index in [-0.39, 0.29) is 17.4 Å². The summed E-state index contributed by atoms with van der Waals surface area (Å²) in [6, 6.07) is 5.41. The average molecular weight is 533 g/mol. The maximum atomic E-state index is 5.97. The van der Waals surface area contributed by atoms with Crippen LogP contribution in [0, 0.1) is 0 Å². The molecule has 3 unspecified atom stereocenters. The summed E-state index contributed by atoms with van der Waals surface area (Å²) in [5.41, 5.74) is 4.02. The molecule has 3 aromatic rings. The predicted molar refractivity (Wildman–Crippen MR) is 139 cm³/mol. The van der Waals surface area contributed by atoms with E-state index in [1.165, 1.54) is 11.9 Å². The maximum absolute atomic E-state index is 5.97. The van der Waals surface area contributed by atoms with Crippen molar-refractivity contribution in [2.75, 3.05) is 32.6 Å². The zero-order valence-electron chi connectivity index (χ0n) is 20.7. The largest absolute Gasteiger partial charge is 0.494 e. The minimum absolute atomic E-state index is 0.0880. The van der Waals surface area contributed by atoms with Gasteiger partial charge in [0.1, 0.15) is 29.3 Å². The van der Waals surface area contributed by atoms with Crippen LogP contribution in [0.25, 0.3) is 5.69 Å². The number of nitrogens with zero attached hydrogens (tertiary/aromatic N) is 6. The molecule has 13 heteroatoms. The van der Waals surface area contributed by atoms with Crippen LogP contribution in [0.4, 0.5) is 5.95 Å². The van der Waals surface area contributed by atoms with Crippen LogP contribution in [0.2, 0.25) is 5.02 Å². The number of hydrogen-bond donors (Lipinski definition) is 2. The number of methoxy groups -OCH3 is 2. The van der Waals surface area contributed by atoms with Gasteiger partial charge in [-0.25, -0.2) is 15.4 Å². The number of para-hydroxylation sites is 1. The summed E-state index contributed by atoms with van der Waals surface area (Å²) in [6.07, 6.45) is 6.71. The van der Waals surface area contributed by atoms with Crippen molar-refractivity contribution in [1.82, 2.24) is 35.2 Å². The van der Waals surface area contributed by atoms with E-state index in [0.717, 1.165) is 0 Å². The first-order chi connectivity index (χ1) is 17.5. The third-order valence-electron chi connectivity index (χ3n) is 5.44. The summed E-state index contributed by atoms with van der Waals surface area (Å²) in [6.45, 7) is 4.47. The normalized spacial score (nSPS) is 16.7. The molecule has 0 fully saturated rings. The van der Waals surface area contributed by atoms with Gasteiger partial charge < -0.3 is 19.2 Å². The van der Waals surface area contributed by atoms with Gasteiger partial charge >= 0.3 is 0 Å². The van der Waals surface area contributed by atoms with Crippen LogP contribution < -0.4 is 19.6 Å². The minimum atomic E-state index is -0.366. The molecule has 0 amide bonds. The maximum Gasteiger partial charge on any atom is 0.239 e. The zero-order chi connectivity index (χ0) is 25.7. The van der Waals surface area contributed by atoms with Gasteiger partial charge in [0.2, 0.25) is 5.95 Å². The van der Waals surface area contributed by atoms with E-state index in [0.29, 0.717) is 46.4 Å². The first-order valence-corrected chi connectivity index (χ1v) is 12.6. The molecule has 11 nitrogen and oxygen atoms in total. The third kappa shape index (κ3) is 5.51. The molecule has 2 N–H and O–H groups in total. The Labute approximate surface area is 219 Å². The molecule has 0 saturated carbocycles. The molecule has 0 bridgehead atoms. The van der Waals surface area contributed by atoms with E-state index in [9.17, 15) is 0 Å². The van der Waals surface area contributed by atoms with Crippen LogP contribution in [0.1, 0.15) is 37.6 Å². The summed E-state index contributed by atoms with van der Waals surface area (Å²) in [5.74, 6) is 2.96. The Morgan fingerprint density at radius 2 is 1.86 bits per heavy atom. The minimum Gasteiger partial charge on any atom is -0.494 e. The van der Waals surface area contributed by atoms with E-state index in [1.807, 2.05) is 60.9 Å². The summed E-state index contributed by atoms with van der Waals surface area (Å²) >= 11 is 7.40. The van der Waals surface area contributed by atoms with Gasteiger partial charge in [0, 0.05) is 32.2 Å². The van der Waals surface area contributed by atoms with Gasteiger partial charge in [0.05, 0.1) is 24.5 Å². The van der Waals surface area contributed by atoms with E-state index < -0.39 is 0 Å². The molecule has 2 aromatic heterocycles. The van der Waals surface area contributed by atoms with Gasteiger partial charge in [-0.05, 0) is 44.0 Å². The number of anilines is 1. The quantitative estimate of drug-likeness (QED) is 0.350. The molecule has 192 valence electrons. The lowest BCUT2D eigenvalue weighted by Gasteiger charge is -2.23. The molecule has 0 radical (unpaired) electrons. The van der Waals surface area contributed by atoms with Crippen molar-refractivity contribution in [2.24, 2.45) is 0 Å². The van der Waals surface area contributed by atoms with Crippen LogP contribution in [0.5, 0.6) is 11.5 Å². The summed E-state index contributed by atoms with van der Waals surface area (Å²) in [4.78, 5) is 8.70. The number of hydrogen-bond acceptors (Lipinski definition) is 11. The zero-order valence-corrected chi connectivity index (χ0v) is 22.2. The molecule has 3 heterocycles. The SMILES string of the molecule is CCOC(c1ncc(Cl)cn1)C(C)SNc1nnc(C2C=CN(C)N2)n1-c1c(OC)cccc1OC. The molecule has 0 aliphatic carbocycles. The number of rotatable bonds is 11. The number of halogens is 1. The first kappa shape index (κ1) is 26.0. The van der Waals surface area contributed by atoms with Crippen molar-refractivity contribution in [3.05, 3.63) is 59.5 Å². The first-order valence-electron chi connectivity index (χ1n) is 11.3. The lowest BCUT2D eigenvalue weighted by Crippen LogP contribution is -2.28. The highest BCUT2D eigenvalue weighted by Crippen LogP contribution is 2.38. The third-order valence-corrected chi connectivity index (χ3v) is 6.55. The number of ether oxygens (including phenoxy) is 3. The fourth-order valence-electron chi connectivity index (χ4n) is 3.78. The Morgan fingerprint density at radius 3 is 2.44 bits per heavy atom. The topological polar surface area (TPSA) is 111 Å². The summed E-state index contributed by atoms with van der Waals surface area (Å²) < 4.78 is 22.6. The molecule has 0 spiro atoms. The Balaban J connectivity index is 1.68. The predicted octanol–water partition coefficient (Wildman–Crippen LogP) is 3.96. The molecule has 4 rings (SSSR count). The van der Waals surface area contributed by atoms with Crippen LogP contribution in [-0.4, -0.2) is 62.9 Å². The van der Waals surface area contributed by atoms with Gasteiger partial charge in [-0.15, -0.1) is 10.2 Å². The molecule has 1 aromatic carbocycles. The average Bonchev–Trinajstić information content (AvgIpc) is 3.51. The van der Waals surface area contributed by atoms with Crippen molar-refractivity contribution in [3.63, 3.8) is 0 Å². The Hall–Kier alpha value is -3.06. The standard InChI is InChI=1S/C23H29ClN8O3S/c1-6-35-20(21-25-12-15(24)13-26-21)14(2)36-30-23-28-27-22(16-10-11-31(3)29-16)32(23)19-17(33-4)8-7-9-18(19)34-5/h7-14,16,20,29H,6H2,1-5H3,(H,28,30). The second-order valence-corrected chi connectivity index (χ2v) is 9.47. The Morgan fingerprint density at radius 1 is 1.17 bits per heavy atom. The van der Waals surface area contributed by atoms with Crippen LogP contribution in [-0.2, 0) is 4.74 Å². The van der Waals surface area contributed by atoms with Gasteiger partial charge in [-0.3, -0.25) is 9.29 Å². The summed E-state index contributed by atoms with van der Waals surface area (Å²) in [7, 11) is 5.16. The fourth-order valence-corrected chi connectivity index (χ4v) is 4.62. The van der Waals surface area contributed by atoms with E-state index in [4.69, 9.17) is 25.8 Å². The second-order valence-electron chi connectivity index (χ2n) is 7.85. The van der Waals surface area contributed by atoms with E-state index >= 15 is 0 Å². The van der Waals surface area contributed by atoms with Crippen LogP contribution >= 0.6 is 23.5 Å². The smallest absolute Gasteiger partial charge is 0.239 e. The highest BCUT2D eigenvalue weighted by Gasteiger charge is 2.29. The van der Waals surface area contributed by atoms with Gasteiger partial charge in [0.15, 0.2) is 11.6 Å². The fraction of sp³-hybridized carbons (Fsp3) is 0.391. The van der Waals surface area contributed by atoms with Crippen LogP contribution in [0.3, 0.4) is 0 Å². The molecule has 36 heavy (non-hydrogen) atoms. The molecular formula is C23H29ClN8O3S. The van der Waals surface area contributed by atoms with Crippen LogP contribution in [0.15, 0.2) is 42.9 Å². The second kappa shape index (κ2) is 11.8. The lowest BCUT2D eigenvalue weighted by molar-refractivity contribution is 0.0576. The van der Waals surface area contributed by atoms with Crippen molar-refractivity contribution in [1.29, 1.82) is 0 Å². The molecule has 0 saturated heterocycles. The number of nitrogens with one attached hydrogen (secondary N) is 2. The Bertz CT molecular complexity index is 1170. The van der Waals surface area contributed by atoms with Gasteiger partial charge in [-0.2, -0.15) is 0 Å². The van der Waals surface area contributed by atoms with E-state index in [2.05, 4.69) is 30.3 Å². The van der Waals surface area contributed by atoms with Crippen molar-refractivity contribution in [2.45, 2.75) is 31.2 Å². The highest BCUT2D eigenvalue weighted by molar-refractivity contribution is 8.01. The number of benzene rings is 1.